The molecule has 0 aliphatic rings. The van der Waals surface area contributed by atoms with E-state index in [-0.39, 0.29) is 11.2 Å². The molecule has 0 unspecified atom stereocenters. The van der Waals surface area contributed by atoms with Crippen molar-refractivity contribution in [1.82, 2.24) is 19.6 Å². The van der Waals surface area contributed by atoms with E-state index in [0.29, 0.717) is 16.5 Å². The van der Waals surface area contributed by atoms with Crippen LogP contribution >= 0.6 is 23.2 Å². The number of rotatable bonds is 2. The lowest BCUT2D eigenvalue weighted by Gasteiger charge is -2.08. The van der Waals surface area contributed by atoms with E-state index in [2.05, 4.69) is 15.1 Å². The van der Waals surface area contributed by atoms with E-state index in [1.165, 1.54) is 11.6 Å². The Balaban J connectivity index is 2.30. The molecule has 2 aromatic heterocycles. The average Bonchev–Trinajstić information content (AvgIpc) is 2.82. The fraction of sp³-hybridized carbons (Fsp3) is 0.154. The van der Waals surface area contributed by atoms with Gasteiger partial charge >= 0.3 is 6.01 Å². The number of nitrogens with zero attached hydrogens (tertiary/aromatic N) is 4. The van der Waals surface area contributed by atoms with E-state index in [0.717, 1.165) is 11.1 Å². The lowest BCUT2D eigenvalue weighted by molar-refractivity contribution is 0.380. The summed E-state index contributed by atoms with van der Waals surface area (Å²) in [5.41, 5.74) is 2.60. The molecule has 102 valence electrons. The van der Waals surface area contributed by atoms with Gasteiger partial charge in [-0.3, -0.25) is 0 Å². The monoisotopic (exact) mass is 308 g/mol. The molecule has 7 heteroatoms. The maximum absolute atomic E-state index is 6.38. The number of aromatic nitrogens is 4. The van der Waals surface area contributed by atoms with Gasteiger partial charge in [0.05, 0.1) is 12.7 Å². The average molecular weight is 309 g/mol. The fourth-order valence-electron chi connectivity index (χ4n) is 1.95. The van der Waals surface area contributed by atoms with Gasteiger partial charge in [-0.1, -0.05) is 53.0 Å². The molecule has 0 saturated carbocycles. The number of hydrogen-bond acceptors (Lipinski definition) is 4. The summed E-state index contributed by atoms with van der Waals surface area (Å²) in [6, 6.07) is 8.02. The van der Waals surface area contributed by atoms with Gasteiger partial charge in [0.1, 0.15) is 10.3 Å². The zero-order valence-electron chi connectivity index (χ0n) is 10.8. The standard InChI is InChI=1S/C13H10Cl2N4O/c1-7-4-3-5-8(6-7)9-10(14)16-12-17-13(20-2)18-19(12)11(9)15/h3-6H,1-2H3. The summed E-state index contributed by atoms with van der Waals surface area (Å²) in [4.78, 5) is 8.26. The first-order chi connectivity index (χ1) is 9.60. The van der Waals surface area contributed by atoms with Crippen LogP contribution in [0, 0.1) is 6.92 Å². The molecule has 3 aromatic rings. The second-order valence-electron chi connectivity index (χ2n) is 4.25. The van der Waals surface area contributed by atoms with E-state index < -0.39 is 0 Å². The predicted octanol–water partition coefficient (Wildman–Crippen LogP) is 3.42. The van der Waals surface area contributed by atoms with Gasteiger partial charge in [-0.25, -0.2) is 0 Å². The SMILES string of the molecule is COc1nc2nc(Cl)c(-c3cccc(C)c3)c(Cl)n2n1. The zero-order chi connectivity index (χ0) is 14.3. The normalized spacial score (nSPS) is 11.0. The van der Waals surface area contributed by atoms with E-state index in [1.807, 2.05) is 31.2 Å². The van der Waals surface area contributed by atoms with Crippen molar-refractivity contribution >= 4 is 29.0 Å². The summed E-state index contributed by atoms with van der Waals surface area (Å²) >= 11 is 12.6. The minimum Gasteiger partial charge on any atom is -0.466 e. The Morgan fingerprint density at radius 2 is 2.00 bits per heavy atom. The lowest BCUT2D eigenvalue weighted by atomic mass is 10.1. The number of methoxy groups -OCH3 is 1. The molecule has 0 aliphatic carbocycles. The maximum atomic E-state index is 6.38. The van der Waals surface area contributed by atoms with Crippen LogP contribution in [0.25, 0.3) is 16.9 Å². The molecule has 0 N–H and O–H groups in total. The number of halogens is 2. The first-order valence-corrected chi connectivity index (χ1v) is 6.58. The molecule has 0 spiro atoms. The first kappa shape index (κ1) is 13.1. The van der Waals surface area contributed by atoms with Gasteiger partial charge in [0.15, 0.2) is 0 Å². The van der Waals surface area contributed by atoms with Crippen molar-refractivity contribution in [2.24, 2.45) is 0 Å². The molecular formula is C13H10Cl2N4O. The highest BCUT2D eigenvalue weighted by atomic mass is 35.5. The Morgan fingerprint density at radius 3 is 2.70 bits per heavy atom. The van der Waals surface area contributed by atoms with Gasteiger partial charge in [-0.05, 0) is 12.5 Å². The van der Waals surface area contributed by atoms with E-state index in [1.54, 1.807) is 0 Å². The Kier molecular flexibility index (Phi) is 3.23. The summed E-state index contributed by atoms with van der Waals surface area (Å²) in [7, 11) is 1.48. The quantitative estimate of drug-likeness (QED) is 0.681. The summed E-state index contributed by atoms with van der Waals surface area (Å²) < 4.78 is 6.38. The summed E-state index contributed by atoms with van der Waals surface area (Å²) in [6.45, 7) is 2.00. The minimum atomic E-state index is 0.192. The molecule has 20 heavy (non-hydrogen) atoms. The van der Waals surface area contributed by atoms with Crippen molar-refractivity contribution in [2.45, 2.75) is 6.92 Å². The Bertz CT molecular complexity index is 800. The number of ether oxygens (including phenoxy) is 1. The van der Waals surface area contributed by atoms with Crippen molar-refractivity contribution in [3.63, 3.8) is 0 Å². The molecule has 2 heterocycles. The molecule has 0 aliphatic heterocycles. The number of hydrogen-bond donors (Lipinski definition) is 0. The van der Waals surface area contributed by atoms with Gasteiger partial charge < -0.3 is 4.74 Å². The van der Waals surface area contributed by atoms with E-state index in [4.69, 9.17) is 27.9 Å². The number of fused-ring (bicyclic) bond motifs is 1. The minimum absolute atomic E-state index is 0.192. The second-order valence-corrected chi connectivity index (χ2v) is 4.96. The highest BCUT2D eigenvalue weighted by Gasteiger charge is 2.17. The Labute approximate surface area is 125 Å². The van der Waals surface area contributed by atoms with Crippen LogP contribution in [0.4, 0.5) is 0 Å². The first-order valence-electron chi connectivity index (χ1n) is 5.83. The van der Waals surface area contributed by atoms with Gasteiger partial charge in [0, 0.05) is 0 Å². The van der Waals surface area contributed by atoms with Crippen LogP contribution in [0.1, 0.15) is 5.56 Å². The van der Waals surface area contributed by atoms with E-state index in [9.17, 15) is 0 Å². The van der Waals surface area contributed by atoms with Crippen LogP contribution in [0.5, 0.6) is 6.01 Å². The lowest BCUT2D eigenvalue weighted by Crippen LogP contribution is -1.97. The Hall–Kier alpha value is -1.85. The third-order valence-electron chi connectivity index (χ3n) is 2.86. The van der Waals surface area contributed by atoms with Gasteiger partial charge in [0.25, 0.3) is 5.78 Å². The van der Waals surface area contributed by atoms with Crippen LogP contribution in [0.2, 0.25) is 10.3 Å². The molecule has 0 saturated heterocycles. The maximum Gasteiger partial charge on any atom is 0.337 e. The molecule has 3 rings (SSSR count). The van der Waals surface area contributed by atoms with Crippen LogP contribution in [0.15, 0.2) is 24.3 Å². The molecule has 5 nitrogen and oxygen atoms in total. The number of aryl methyl sites for hydroxylation is 1. The van der Waals surface area contributed by atoms with E-state index >= 15 is 0 Å². The second kappa shape index (κ2) is 4.92. The van der Waals surface area contributed by atoms with Gasteiger partial charge in [-0.15, -0.1) is 5.10 Å². The molecule has 0 bridgehead atoms. The third-order valence-corrected chi connectivity index (χ3v) is 3.48. The van der Waals surface area contributed by atoms with Crippen LogP contribution in [0.3, 0.4) is 0 Å². The summed E-state index contributed by atoms with van der Waals surface area (Å²) in [5.74, 6) is 0.299. The van der Waals surface area contributed by atoms with Crippen molar-refractivity contribution in [2.75, 3.05) is 7.11 Å². The zero-order valence-corrected chi connectivity index (χ0v) is 12.3. The largest absolute Gasteiger partial charge is 0.466 e. The highest BCUT2D eigenvalue weighted by Crippen LogP contribution is 2.34. The number of benzene rings is 1. The molecular weight excluding hydrogens is 299 g/mol. The van der Waals surface area contributed by atoms with Crippen molar-refractivity contribution in [3.05, 3.63) is 40.1 Å². The fourth-order valence-corrected chi connectivity index (χ4v) is 2.58. The smallest absolute Gasteiger partial charge is 0.337 e. The predicted molar refractivity (Wildman–Crippen MR) is 77.5 cm³/mol. The summed E-state index contributed by atoms with van der Waals surface area (Å²) in [5, 5.41) is 4.74. The van der Waals surface area contributed by atoms with Crippen LogP contribution in [-0.2, 0) is 0 Å². The molecule has 1 aromatic carbocycles. The highest BCUT2D eigenvalue weighted by molar-refractivity contribution is 6.38. The summed E-state index contributed by atoms with van der Waals surface area (Å²) in [6.07, 6.45) is 0. The topological polar surface area (TPSA) is 52.3 Å². The van der Waals surface area contributed by atoms with Gasteiger partial charge in [-0.2, -0.15) is 14.5 Å². The van der Waals surface area contributed by atoms with Crippen molar-refractivity contribution < 1.29 is 4.74 Å². The van der Waals surface area contributed by atoms with Crippen molar-refractivity contribution in [1.29, 1.82) is 0 Å². The molecule has 0 amide bonds. The van der Waals surface area contributed by atoms with Crippen LogP contribution < -0.4 is 4.74 Å². The van der Waals surface area contributed by atoms with Gasteiger partial charge in [0.2, 0.25) is 0 Å². The molecule has 0 radical (unpaired) electrons. The molecule has 0 fully saturated rings. The Morgan fingerprint density at radius 1 is 1.20 bits per heavy atom. The molecule has 0 atom stereocenters. The van der Waals surface area contributed by atoms with Crippen molar-refractivity contribution in [3.8, 4) is 17.1 Å². The third kappa shape index (κ3) is 2.09. The van der Waals surface area contributed by atoms with Crippen LogP contribution in [-0.4, -0.2) is 26.7 Å².